The van der Waals surface area contributed by atoms with E-state index in [0.717, 1.165) is 21.9 Å². The van der Waals surface area contributed by atoms with E-state index >= 15 is 0 Å². The van der Waals surface area contributed by atoms with Gasteiger partial charge in [-0.25, -0.2) is 4.98 Å². The van der Waals surface area contributed by atoms with Crippen molar-refractivity contribution in [3.05, 3.63) is 60.3 Å². The van der Waals surface area contributed by atoms with Gasteiger partial charge in [0.1, 0.15) is 0 Å². The molecule has 0 fully saturated rings. The summed E-state index contributed by atoms with van der Waals surface area (Å²) in [5.74, 6) is 0.612. The molecule has 96 valence electrons. The molecule has 3 rings (SSSR count). The Labute approximate surface area is 117 Å². The van der Waals surface area contributed by atoms with E-state index in [2.05, 4.69) is 11.1 Å². The Morgan fingerprint density at radius 1 is 1.05 bits per heavy atom. The molecule has 0 amide bonds. The first-order valence-corrected chi connectivity index (χ1v) is 6.26. The Balaban J connectivity index is 2.29. The van der Waals surface area contributed by atoms with Gasteiger partial charge in [0.25, 0.3) is 0 Å². The molecule has 0 radical (unpaired) electrons. The average Bonchev–Trinajstić information content (AvgIpc) is 2.54. The minimum atomic E-state index is 0.612. The summed E-state index contributed by atoms with van der Waals surface area (Å²) >= 11 is 0. The van der Waals surface area contributed by atoms with Crippen molar-refractivity contribution in [3.63, 3.8) is 0 Å². The fourth-order valence-electron chi connectivity index (χ4n) is 2.32. The fraction of sp³-hybridized carbons (Fsp3) is 0.0588. The quantitative estimate of drug-likeness (QED) is 0.704. The number of nitrogens with zero attached hydrogens (tertiary/aromatic N) is 2. The molecule has 0 atom stereocenters. The van der Waals surface area contributed by atoms with Crippen LogP contribution in [-0.4, -0.2) is 12.1 Å². The summed E-state index contributed by atoms with van der Waals surface area (Å²) in [6.07, 6.45) is 1.79. The summed E-state index contributed by atoms with van der Waals surface area (Å²) < 4.78 is 5.30. The van der Waals surface area contributed by atoms with Gasteiger partial charge in [-0.3, -0.25) is 0 Å². The molecular weight excluding hydrogens is 248 g/mol. The largest absolute Gasteiger partial charge is 0.481 e. The first-order valence-electron chi connectivity index (χ1n) is 6.26. The number of rotatable bonds is 2. The van der Waals surface area contributed by atoms with Crippen molar-refractivity contribution >= 4 is 10.8 Å². The van der Waals surface area contributed by atoms with Crippen molar-refractivity contribution in [2.24, 2.45) is 0 Å². The number of nitriles is 1. The molecule has 0 saturated carbocycles. The molecule has 20 heavy (non-hydrogen) atoms. The van der Waals surface area contributed by atoms with E-state index in [1.807, 2.05) is 42.5 Å². The lowest BCUT2D eigenvalue weighted by molar-refractivity contribution is 0.403. The van der Waals surface area contributed by atoms with Gasteiger partial charge in [-0.1, -0.05) is 30.3 Å². The van der Waals surface area contributed by atoms with Gasteiger partial charge in [0, 0.05) is 17.1 Å². The average molecular weight is 260 g/mol. The molecule has 0 aliphatic rings. The topological polar surface area (TPSA) is 45.9 Å². The van der Waals surface area contributed by atoms with E-state index in [1.54, 1.807) is 19.4 Å². The van der Waals surface area contributed by atoms with E-state index in [0.29, 0.717) is 11.4 Å². The highest BCUT2D eigenvalue weighted by Gasteiger charge is 2.09. The number of aromatic nitrogens is 1. The third-order valence-electron chi connectivity index (χ3n) is 3.25. The number of ether oxygens (including phenoxy) is 1. The number of methoxy groups -OCH3 is 1. The van der Waals surface area contributed by atoms with Crippen molar-refractivity contribution < 1.29 is 4.74 Å². The minimum Gasteiger partial charge on any atom is -0.481 e. The molecule has 2 aromatic carbocycles. The van der Waals surface area contributed by atoms with Crippen molar-refractivity contribution in [1.82, 2.24) is 4.98 Å². The monoisotopic (exact) mass is 260 g/mol. The zero-order chi connectivity index (χ0) is 13.9. The van der Waals surface area contributed by atoms with E-state index in [4.69, 9.17) is 10.00 Å². The van der Waals surface area contributed by atoms with Crippen molar-refractivity contribution in [2.75, 3.05) is 7.11 Å². The first kappa shape index (κ1) is 12.2. The Morgan fingerprint density at radius 3 is 2.60 bits per heavy atom. The van der Waals surface area contributed by atoms with Gasteiger partial charge in [0.15, 0.2) is 0 Å². The van der Waals surface area contributed by atoms with Crippen LogP contribution in [0.2, 0.25) is 0 Å². The van der Waals surface area contributed by atoms with Crippen LogP contribution in [0.1, 0.15) is 5.56 Å². The van der Waals surface area contributed by atoms with Crippen LogP contribution in [0, 0.1) is 11.3 Å². The summed E-state index contributed by atoms with van der Waals surface area (Å²) in [6.45, 7) is 0. The number of hydrogen-bond acceptors (Lipinski definition) is 3. The zero-order valence-electron chi connectivity index (χ0n) is 11.0. The maximum Gasteiger partial charge on any atom is 0.221 e. The normalized spacial score (nSPS) is 10.2. The predicted molar refractivity (Wildman–Crippen MR) is 78.4 cm³/mol. The maximum absolute atomic E-state index is 9.02. The molecule has 0 unspecified atom stereocenters. The Hall–Kier alpha value is -2.86. The minimum absolute atomic E-state index is 0.612. The third-order valence-corrected chi connectivity index (χ3v) is 3.25. The summed E-state index contributed by atoms with van der Waals surface area (Å²) in [5, 5.41) is 11.1. The van der Waals surface area contributed by atoms with Gasteiger partial charge in [-0.15, -0.1) is 0 Å². The zero-order valence-corrected chi connectivity index (χ0v) is 11.0. The maximum atomic E-state index is 9.02. The molecule has 0 bridgehead atoms. The van der Waals surface area contributed by atoms with Crippen LogP contribution in [-0.2, 0) is 0 Å². The summed E-state index contributed by atoms with van der Waals surface area (Å²) in [5.41, 5.74) is 2.62. The lowest BCUT2D eigenvalue weighted by atomic mass is 9.99. The van der Waals surface area contributed by atoms with Gasteiger partial charge in [0.05, 0.1) is 18.7 Å². The van der Waals surface area contributed by atoms with Crippen LogP contribution in [0.25, 0.3) is 21.9 Å². The number of pyridine rings is 1. The Morgan fingerprint density at radius 2 is 1.85 bits per heavy atom. The summed E-state index contributed by atoms with van der Waals surface area (Å²) in [4.78, 5) is 4.35. The van der Waals surface area contributed by atoms with E-state index in [1.165, 1.54) is 0 Å². The van der Waals surface area contributed by atoms with Gasteiger partial charge in [0.2, 0.25) is 5.88 Å². The van der Waals surface area contributed by atoms with Crippen LogP contribution in [0.3, 0.4) is 0 Å². The van der Waals surface area contributed by atoms with Crippen molar-refractivity contribution in [2.45, 2.75) is 0 Å². The van der Waals surface area contributed by atoms with E-state index in [-0.39, 0.29) is 0 Å². The standard InChI is InChI=1S/C17H12N2O/c1-20-17-15-8-3-2-7-14(15)16(11-19-17)13-6-4-5-12(9-13)10-18/h2-9,11H,1H3. The van der Waals surface area contributed by atoms with Gasteiger partial charge >= 0.3 is 0 Å². The molecule has 0 saturated heterocycles. The number of benzene rings is 2. The molecule has 3 heteroatoms. The first-order chi connectivity index (χ1) is 9.83. The third kappa shape index (κ3) is 1.98. The molecule has 0 spiro atoms. The van der Waals surface area contributed by atoms with Gasteiger partial charge in [-0.2, -0.15) is 5.26 Å². The van der Waals surface area contributed by atoms with Gasteiger partial charge in [-0.05, 0) is 29.1 Å². The smallest absolute Gasteiger partial charge is 0.221 e. The SMILES string of the molecule is COc1ncc(-c2cccc(C#N)c2)c2ccccc12. The number of fused-ring (bicyclic) bond motifs is 1. The molecular formula is C17H12N2O. The molecule has 1 aromatic heterocycles. The molecule has 0 aliphatic heterocycles. The van der Waals surface area contributed by atoms with Crippen molar-refractivity contribution in [1.29, 1.82) is 5.26 Å². The molecule has 0 N–H and O–H groups in total. The summed E-state index contributed by atoms with van der Waals surface area (Å²) in [7, 11) is 1.62. The highest BCUT2D eigenvalue weighted by Crippen LogP contribution is 2.32. The van der Waals surface area contributed by atoms with E-state index < -0.39 is 0 Å². The highest BCUT2D eigenvalue weighted by atomic mass is 16.5. The fourth-order valence-corrected chi connectivity index (χ4v) is 2.32. The highest BCUT2D eigenvalue weighted by molar-refractivity contribution is 5.98. The second-order valence-electron chi connectivity index (χ2n) is 4.42. The van der Waals surface area contributed by atoms with Crippen LogP contribution in [0.15, 0.2) is 54.7 Å². The van der Waals surface area contributed by atoms with Crippen LogP contribution in [0.5, 0.6) is 5.88 Å². The Bertz CT molecular complexity index is 819. The van der Waals surface area contributed by atoms with Crippen LogP contribution < -0.4 is 4.74 Å². The molecule has 0 aliphatic carbocycles. The van der Waals surface area contributed by atoms with Crippen LogP contribution >= 0.6 is 0 Å². The lowest BCUT2D eigenvalue weighted by Gasteiger charge is -2.09. The van der Waals surface area contributed by atoms with Crippen LogP contribution in [0.4, 0.5) is 0 Å². The lowest BCUT2D eigenvalue weighted by Crippen LogP contribution is -1.91. The second kappa shape index (κ2) is 5.02. The molecule has 3 aromatic rings. The predicted octanol–water partition coefficient (Wildman–Crippen LogP) is 3.78. The number of hydrogen-bond donors (Lipinski definition) is 0. The summed E-state index contributed by atoms with van der Waals surface area (Å²) in [6, 6.07) is 17.7. The van der Waals surface area contributed by atoms with E-state index in [9.17, 15) is 0 Å². The molecule has 1 heterocycles. The Kier molecular flexibility index (Phi) is 3.06. The van der Waals surface area contributed by atoms with Gasteiger partial charge < -0.3 is 4.74 Å². The van der Waals surface area contributed by atoms with Crippen molar-refractivity contribution in [3.8, 4) is 23.1 Å². The second-order valence-corrected chi connectivity index (χ2v) is 4.42. The molecule has 3 nitrogen and oxygen atoms in total.